The average Bonchev–Trinajstić information content (AvgIpc) is 2.69. The van der Waals surface area contributed by atoms with Crippen molar-refractivity contribution in [2.45, 2.75) is 19.3 Å². The highest BCUT2D eigenvalue weighted by atomic mass is 35.5. The third-order valence-corrected chi connectivity index (χ3v) is 3.84. The summed E-state index contributed by atoms with van der Waals surface area (Å²) < 4.78 is 0. The molecule has 2 aromatic rings. The molecule has 6 heteroatoms. The molecule has 0 unspecified atom stereocenters. The second-order valence-electron chi connectivity index (χ2n) is 4.97. The van der Waals surface area contributed by atoms with Gasteiger partial charge in [0, 0.05) is 18.3 Å². The van der Waals surface area contributed by atoms with Crippen LogP contribution in [0.25, 0.3) is 0 Å². The summed E-state index contributed by atoms with van der Waals surface area (Å²) in [7, 11) is 0. The molecule has 1 aliphatic heterocycles. The Kier molecular flexibility index (Phi) is 3.75. The van der Waals surface area contributed by atoms with E-state index in [0.717, 1.165) is 24.9 Å². The molecule has 0 N–H and O–H groups in total. The van der Waals surface area contributed by atoms with Crippen LogP contribution >= 0.6 is 11.6 Å². The number of halogens is 1. The number of nitrogens with zero attached hydrogens (tertiary/aromatic N) is 3. The highest BCUT2D eigenvalue weighted by Gasteiger charge is 2.25. The molecular formula is C15H14ClN3O2. The molecule has 3 rings (SSSR count). The Bertz CT molecular complexity index is 690. The molecule has 0 amide bonds. The van der Waals surface area contributed by atoms with Crippen LogP contribution in [0.5, 0.6) is 0 Å². The minimum absolute atomic E-state index is 0.0175. The Morgan fingerprint density at radius 2 is 2.00 bits per heavy atom. The molecule has 5 nitrogen and oxygen atoms in total. The van der Waals surface area contributed by atoms with Crippen molar-refractivity contribution in [3.05, 3.63) is 57.2 Å². The van der Waals surface area contributed by atoms with Crippen molar-refractivity contribution in [3.8, 4) is 0 Å². The van der Waals surface area contributed by atoms with E-state index in [2.05, 4.69) is 11.1 Å². The van der Waals surface area contributed by atoms with Gasteiger partial charge in [-0.2, -0.15) is 0 Å². The third kappa shape index (κ3) is 2.69. The van der Waals surface area contributed by atoms with Crippen LogP contribution in [0.15, 0.2) is 36.4 Å². The van der Waals surface area contributed by atoms with Gasteiger partial charge >= 0.3 is 5.69 Å². The minimum atomic E-state index is -0.411. The van der Waals surface area contributed by atoms with Gasteiger partial charge in [0.15, 0.2) is 0 Å². The van der Waals surface area contributed by atoms with Crippen LogP contribution in [0.4, 0.5) is 17.2 Å². The van der Waals surface area contributed by atoms with Gasteiger partial charge in [-0.3, -0.25) is 10.1 Å². The molecule has 0 aliphatic carbocycles. The smallest absolute Gasteiger partial charge is 0.312 e. The molecule has 0 saturated carbocycles. The zero-order valence-corrected chi connectivity index (χ0v) is 12.1. The normalized spacial score (nSPS) is 14.4. The van der Waals surface area contributed by atoms with Gasteiger partial charge in [0.2, 0.25) is 5.82 Å². The summed E-state index contributed by atoms with van der Waals surface area (Å²) in [5.41, 5.74) is 2.15. The Hall–Kier alpha value is -2.14. The van der Waals surface area contributed by atoms with Crippen LogP contribution in [-0.2, 0) is 6.42 Å². The van der Waals surface area contributed by atoms with Crippen LogP contribution in [0.3, 0.4) is 0 Å². The van der Waals surface area contributed by atoms with E-state index in [-0.39, 0.29) is 10.8 Å². The third-order valence-electron chi connectivity index (χ3n) is 3.63. The van der Waals surface area contributed by atoms with Gasteiger partial charge in [-0.15, -0.1) is 0 Å². The summed E-state index contributed by atoms with van der Waals surface area (Å²) >= 11 is 5.95. The van der Waals surface area contributed by atoms with Gasteiger partial charge in [-0.1, -0.05) is 29.8 Å². The topological polar surface area (TPSA) is 59.3 Å². The van der Waals surface area contributed by atoms with Gasteiger partial charge in [0.25, 0.3) is 0 Å². The van der Waals surface area contributed by atoms with Gasteiger partial charge in [-0.25, -0.2) is 4.98 Å². The molecule has 108 valence electrons. The number of anilines is 2. The maximum Gasteiger partial charge on any atom is 0.312 e. The van der Waals surface area contributed by atoms with Crippen molar-refractivity contribution in [1.82, 2.24) is 4.98 Å². The minimum Gasteiger partial charge on any atom is -0.320 e. The first-order valence-electron chi connectivity index (χ1n) is 6.83. The summed E-state index contributed by atoms with van der Waals surface area (Å²) in [6.07, 6.45) is 2.99. The number of pyridine rings is 1. The van der Waals surface area contributed by atoms with E-state index in [1.165, 1.54) is 17.7 Å². The van der Waals surface area contributed by atoms with Crippen LogP contribution in [0, 0.1) is 10.1 Å². The predicted molar refractivity (Wildman–Crippen MR) is 82.3 cm³/mol. The number of rotatable bonds is 2. The molecule has 0 radical (unpaired) electrons. The van der Waals surface area contributed by atoms with Crippen LogP contribution in [-0.4, -0.2) is 16.5 Å². The molecule has 1 aromatic heterocycles. The Morgan fingerprint density at radius 3 is 2.81 bits per heavy atom. The van der Waals surface area contributed by atoms with E-state index < -0.39 is 4.92 Å². The number of aromatic nitrogens is 1. The van der Waals surface area contributed by atoms with Crippen LogP contribution in [0.1, 0.15) is 18.4 Å². The first-order valence-corrected chi connectivity index (χ1v) is 7.21. The lowest BCUT2D eigenvalue weighted by molar-refractivity contribution is -0.384. The van der Waals surface area contributed by atoms with E-state index in [0.29, 0.717) is 12.4 Å². The summed E-state index contributed by atoms with van der Waals surface area (Å²) in [5, 5.41) is 11.5. The molecule has 21 heavy (non-hydrogen) atoms. The van der Waals surface area contributed by atoms with Crippen molar-refractivity contribution in [3.63, 3.8) is 0 Å². The molecule has 0 fully saturated rings. The van der Waals surface area contributed by atoms with Crippen molar-refractivity contribution >= 4 is 28.8 Å². The number of fused-ring (bicyclic) bond motifs is 1. The number of nitro groups is 1. The first kappa shape index (κ1) is 13.8. The number of para-hydroxylation sites is 1. The number of hydrogen-bond donors (Lipinski definition) is 0. The quantitative estimate of drug-likeness (QED) is 0.476. The van der Waals surface area contributed by atoms with E-state index in [1.54, 1.807) is 0 Å². The summed E-state index contributed by atoms with van der Waals surface area (Å²) in [6.45, 7) is 0.700. The number of hydrogen-bond acceptors (Lipinski definition) is 4. The van der Waals surface area contributed by atoms with E-state index in [1.807, 2.05) is 23.1 Å². The van der Waals surface area contributed by atoms with Gasteiger partial charge < -0.3 is 4.90 Å². The van der Waals surface area contributed by atoms with Crippen LogP contribution < -0.4 is 4.90 Å². The summed E-state index contributed by atoms with van der Waals surface area (Å²) in [5.74, 6) is 0.321. The fraction of sp³-hybridized carbons (Fsp3) is 0.267. The molecule has 1 aromatic carbocycles. The lowest BCUT2D eigenvalue weighted by atomic mass is 10.1. The van der Waals surface area contributed by atoms with Crippen LogP contribution in [0.2, 0.25) is 5.15 Å². The van der Waals surface area contributed by atoms with E-state index in [9.17, 15) is 10.1 Å². The van der Waals surface area contributed by atoms with E-state index >= 15 is 0 Å². The number of benzene rings is 1. The van der Waals surface area contributed by atoms with Crippen molar-refractivity contribution in [2.75, 3.05) is 11.4 Å². The summed E-state index contributed by atoms with van der Waals surface area (Å²) in [4.78, 5) is 17.0. The molecule has 2 heterocycles. The second-order valence-corrected chi connectivity index (χ2v) is 5.36. The van der Waals surface area contributed by atoms with Crippen molar-refractivity contribution < 1.29 is 4.92 Å². The zero-order chi connectivity index (χ0) is 14.8. The summed E-state index contributed by atoms with van der Waals surface area (Å²) in [6, 6.07) is 10.8. The largest absolute Gasteiger partial charge is 0.320 e. The molecule has 0 atom stereocenters. The van der Waals surface area contributed by atoms with Gasteiger partial charge in [-0.05, 0) is 37.0 Å². The lowest BCUT2D eigenvalue weighted by Gasteiger charge is -2.23. The highest BCUT2D eigenvalue weighted by molar-refractivity contribution is 6.29. The molecule has 1 aliphatic rings. The fourth-order valence-electron chi connectivity index (χ4n) is 2.67. The molecule has 0 bridgehead atoms. The van der Waals surface area contributed by atoms with Crippen molar-refractivity contribution in [2.24, 2.45) is 0 Å². The maximum atomic E-state index is 11.3. The standard InChI is InChI=1S/C15H14ClN3O2/c16-14-9-8-13(19(20)21)15(17-14)18-10-4-3-6-11-5-1-2-7-12(11)18/h1-2,5,7-9H,3-4,6,10H2. The zero-order valence-electron chi connectivity index (χ0n) is 11.3. The molecule has 0 saturated heterocycles. The van der Waals surface area contributed by atoms with E-state index in [4.69, 9.17) is 11.6 Å². The Morgan fingerprint density at radius 1 is 1.19 bits per heavy atom. The van der Waals surface area contributed by atoms with Gasteiger partial charge in [0.1, 0.15) is 5.15 Å². The average molecular weight is 304 g/mol. The maximum absolute atomic E-state index is 11.3. The Balaban J connectivity index is 2.16. The fourth-order valence-corrected chi connectivity index (χ4v) is 2.81. The number of aryl methyl sites for hydroxylation is 1. The molecule has 0 spiro atoms. The van der Waals surface area contributed by atoms with Gasteiger partial charge in [0.05, 0.1) is 4.92 Å². The first-order chi connectivity index (χ1) is 10.2. The highest BCUT2D eigenvalue weighted by Crippen LogP contribution is 2.36. The monoisotopic (exact) mass is 303 g/mol. The Labute approximate surface area is 127 Å². The predicted octanol–water partition coefficient (Wildman–Crippen LogP) is 4.12. The SMILES string of the molecule is O=[N+]([O-])c1ccc(Cl)nc1N1CCCCc2ccccc21. The lowest BCUT2D eigenvalue weighted by Crippen LogP contribution is -2.20. The molecular weight excluding hydrogens is 290 g/mol. The van der Waals surface area contributed by atoms with Crippen molar-refractivity contribution in [1.29, 1.82) is 0 Å². The second kappa shape index (κ2) is 5.69.